The molecule has 3 rings (SSSR count). The predicted octanol–water partition coefficient (Wildman–Crippen LogP) is 2.89. The lowest BCUT2D eigenvalue weighted by molar-refractivity contribution is 0.416. The number of nitrogens with two attached hydrogens (primary N) is 1. The number of pyridine rings is 2. The van der Waals surface area contributed by atoms with Gasteiger partial charge in [-0.2, -0.15) is 0 Å². The molecule has 0 saturated heterocycles. The highest BCUT2D eigenvalue weighted by atomic mass is 16.5. The Morgan fingerprint density at radius 2 is 2.00 bits per heavy atom. The molecule has 0 atom stereocenters. The molecule has 2 heterocycles. The summed E-state index contributed by atoms with van der Waals surface area (Å²) in [5.41, 5.74) is 7.71. The Balaban J connectivity index is 2.26. The van der Waals surface area contributed by atoms with E-state index in [1.807, 2.05) is 36.4 Å². The molecule has 0 unspecified atom stereocenters. The molecule has 94 valence electrons. The minimum absolute atomic E-state index is 0.501. The van der Waals surface area contributed by atoms with Crippen LogP contribution >= 0.6 is 0 Å². The van der Waals surface area contributed by atoms with E-state index in [-0.39, 0.29) is 0 Å². The van der Waals surface area contributed by atoms with Gasteiger partial charge in [-0.3, -0.25) is 4.98 Å². The molecule has 2 N–H and O–H groups in total. The molecule has 0 spiro atoms. The van der Waals surface area contributed by atoms with Gasteiger partial charge in [-0.25, -0.2) is 4.98 Å². The minimum Gasteiger partial charge on any atom is -0.496 e. The second-order valence-corrected chi connectivity index (χ2v) is 4.19. The third-order valence-corrected chi connectivity index (χ3v) is 3.04. The normalized spacial score (nSPS) is 10.6. The van der Waals surface area contributed by atoms with Crippen molar-refractivity contribution in [3.63, 3.8) is 0 Å². The van der Waals surface area contributed by atoms with Crippen LogP contribution in [0.4, 0.5) is 5.82 Å². The highest BCUT2D eigenvalue weighted by molar-refractivity contribution is 5.93. The van der Waals surface area contributed by atoms with E-state index in [1.165, 1.54) is 0 Å². The van der Waals surface area contributed by atoms with Crippen LogP contribution in [0, 0.1) is 0 Å². The van der Waals surface area contributed by atoms with Crippen molar-refractivity contribution in [2.24, 2.45) is 0 Å². The number of rotatable bonds is 2. The number of anilines is 1. The maximum absolute atomic E-state index is 6.01. The first kappa shape index (κ1) is 11.5. The molecule has 0 aliphatic heterocycles. The Morgan fingerprint density at radius 1 is 1.16 bits per heavy atom. The van der Waals surface area contributed by atoms with Crippen LogP contribution < -0.4 is 10.5 Å². The van der Waals surface area contributed by atoms with Crippen LogP contribution in [0.25, 0.3) is 22.0 Å². The summed E-state index contributed by atoms with van der Waals surface area (Å²) < 4.78 is 5.36. The molecule has 0 aliphatic rings. The minimum atomic E-state index is 0.501. The number of nitrogens with zero attached hydrogens (tertiary/aromatic N) is 2. The lowest BCUT2D eigenvalue weighted by Gasteiger charge is -2.09. The van der Waals surface area contributed by atoms with Gasteiger partial charge in [0.2, 0.25) is 0 Å². The van der Waals surface area contributed by atoms with Crippen molar-refractivity contribution in [1.29, 1.82) is 0 Å². The van der Waals surface area contributed by atoms with Crippen LogP contribution in [0.1, 0.15) is 0 Å². The van der Waals surface area contributed by atoms with E-state index in [4.69, 9.17) is 10.5 Å². The van der Waals surface area contributed by atoms with Crippen molar-refractivity contribution in [1.82, 2.24) is 9.97 Å². The van der Waals surface area contributed by atoms with Crippen molar-refractivity contribution in [2.75, 3.05) is 12.8 Å². The molecule has 3 aromatic rings. The van der Waals surface area contributed by atoms with Gasteiger partial charge in [-0.15, -0.1) is 0 Å². The average molecular weight is 251 g/mol. The number of para-hydroxylation sites is 1. The largest absolute Gasteiger partial charge is 0.496 e. The van der Waals surface area contributed by atoms with Crippen LogP contribution in [0.2, 0.25) is 0 Å². The van der Waals surface area contributed by atoms with E-state index < -0.39 is 0 Å². The average Bonchev–Trinajstić information content (AvgIpc) is 2.47. The van der Waals surface area contributed by atoms with E-state index in [2.05, 4.69) is 9.97 Å². The van der Waals surface area contributed by atoms with Crippen LogP contribution in [0.15, 0.2) is 48.8 Å². The zero-order valence-electron chi connectivity index (χ0n) is 10.5. The van der Waals surface area contributed by atoms with Gasteiger partial charge in [-0.1, -0.05) is 12.1 Å². The van der Waals surface area contributed by atoms with Crippen molar-refractivity contribution >= 4 is 16.6 Å². The Morgan fingerprint density at radius 3 is 2.84 bits per heavy atom. The number of nitrogen functional groups attached to an aromatic ring is 1. The molecule has 1 aromatic carbocycles. The quantitative estimate of drug-likeness (QED) is 0.760. The highest BCUT2D eigenvalue weighted by Crippen LogP contribution is 2.31. The number of hydrogen-bond donors (Lipinski definition) is 1. The standard InChI is InChI=1S/C15H13N3O/c1-19-14-5-3-2-4-12(14)13-8-10-9-17-7-6-11(10)15(16)18-13/h2-9H,1H3,(H2,16,18). The summed E-state index contributed by atoms with van der Waals surface area (Å²) >= 11 is 0. The molecular formula is C15H13N3O. The van der Waals surface area contributed by atoms with Gasteiger partial charge >= 0.3 is 0 Å². The Labute approximate surface area is 110 Å². The van der Waals surface area contributed by atoms with Gasteiger partial charge in [0.1, 0.15) is 11.6 Å². The van der Waals surface area contributed by atoms with Gasteiger partial charge in [0.05, 0.1) is 12.8 Å². The lowest BCUT2D eigenvalue weighted by atomic mass is 10.1. The van der Waals surface area contributed by atoms with Crippen LogP contribution in [0.5, 0.6) is 5.75 Å². The smallest absolute Gasteiger partial charge is 0.132 e. The SMILES string of the molecule is COc1ccccc1-c1cc2cnccc2c(N)n1. The number of ether oxygens (including phenoxy) is 1. The Hall–Kier alpha value is -2.62. The summed E-state index contributed by atoms with van der Waals surface area (Å²) in [6.07, 6.45) is 3.50. The summed E-state index contributed by atoms with van der Waals surface area (Å²) in [5, 5.41) is 1.88. The molecule has 2 aromatic heterocycles. The zero-order valence-corrected chi connectivity index (χ0v) is 10.5. The maximum atomic E-state index is 6.01. The van der Waals surface area contributed by atoms with Gasteiger partial charge < -0.3 is 10.5 Å². The van der Waals surface area contributed by atoms with E-state index in [0.717, 1.165) is 27.8 Å². The van der Waals surface area contributed by atoms with Crippen molar-refractivity contribution in [3.8, 4) is 17.0 Å². The third kappa shape index (κ3) is 1.97. The molecule has 4 heteroatoms. The van der Waals surface area contributed by atoms with Crippen molar-refractivity contribution in [3.05, 3.63) is 48.8 Å². The maximum Gasteiger partial charge on any atom is 0.132 e. The van der Waals surface area contributed by atoms with Gasteiger partial charge in [0, 0.05) is 28.7 Å². The second-order valence-electron chi connectivity index (χ2n) is 4.19. The third-order valence-electron chi connectivity index (χ3n) is 3.04. The first-order valence-corrected chi connectivity index (χ1v) is 5.93. The van der Waals surface area contributed by atoms with Gasteiger partial charge in [-0.05, 0) is 24.3 Å². The van der Waals surface area contributed by atoms with Crippen LogP contribution in [0.3, 0.4) is 0 Å². The predicted molar refractivity (Wildman–Crippen MR) is 75.9 cm³/mol. The lowest BCUT2D eigenvalue weighted by Crippen LogP contribution is -1.96. The van der Waals surface area contributed by atoms with E-state index in [1.54, 1.807) is 19.5 Å². The number of methoxy groups -OCH3 is 1. The fourth-order valence-corrected chi connectivity index (χ4v) is 2.12. The first-order valence-electron chi connectivity index (χ1n) is 5.93. The van der Waals surface area contributed by atoms with Gasteiger partial charge in [0.25, 0.3) is 0 Å². The fraction of sp³-hybridized carbons (Fsp3) is 0.0667. The molecule has 4 nitrogen and oxygen atoms in total. The first-order chi connectivity index (χ1) is 9.29. The second kappa shape index (κ2) is 4.57. The summed E-state index contributed by atoms with van der Waals surface area (Å²) in [5.74, 6) is 1.28. The van der Waals surface area contributed by atoms with Gasteiger partial charge in [0.15, 0.2) is 0 Å². The van der Waals surface area contributed by atoms with Crippen LogP contribution in [-0.2, 0) is 0 Å². The van der Waals surface area contributed by atoms with Crippen LogP contribution in [-0.4, -0.2) is 17.1 Å². The van der Waals surface area contributed by atoms with E-state index >= 15 is 0 Å². The fourth-order valence-electron chi connectivity index (χ4n) is 2.12. The number of aromatic nitrogens is 2. The molecule has 0 radical (unpaired) electrons. The summed E-state index contributed by atoms with van der Waals surface area (Å²) in [6.45, 7) is 0. The Bertz CT molecular complexity index is 740. The molecule has 0 fully saturated rings. The van der Waals surface area contributed by atoms with E-state index in [0.29, 0.717) is 5.82 Å². The number of hydrogen-bond acceptors (Lipinski definition) is 4. The monoisotopic (exact) mass is 251 g/mol. The molecule has 0 amide bonds. The summed E-state index contributed by atoms with van der Waals surface area (Å²) in [6, 6.07) is 11.6. The molecule has 19 heavy (non-hydrogen) atoms. The molecule has 0 saturated carbocycles. The zero-order chi connectivity index (χ0) is 13.2. The highest BCUT2D eigenvalue weighted by Gasteiger charge is 2.09. The molecular weight excluding hydrogens is 238 g/mol. The Kier molecular flexibility index (Phi) is 2.76. The van der Waals surface area contributed by atoms with Crippen molar-refractivity contribution in [2.45, 2.75) is 0 Å². The number of benzene rings is 1. The molecule has 0 aliphatic carbocycles. The summed E-state index contributed by atoms with van der Waals surface area (Å²) in [4.78, 5) is 8.57. The van der Waals surface area contributed by atoms with Crippen molar-refractivity contribution < 1.29 is 4.74 Å². The molecule has 0 bridgehead atoms. The summed E-state index contributed by atoms with van der Waals surface area (Å²) in [7, 11) is 1.64. The number of fused-ring (bicyclic) bond motifs is 1. The van der Waals surface area contributed by atoms with E-state index in [9.17, 15) is 0 Å². The topological polar surface area (TPSA) is 61.0 Å².